The van der Waals surface area contributed by atoms with Gasteiger partial charge in [-0.05, 0) is 6.92 Å². The van der Waals surface area contributed by atoms with Crippen LogP contribution < -0.4 is 4.90 Å². The Labute approximate surface area is 118 Å². The van der Waals surface area contributed by atoms with E-state index in [1.54, 1.807) is 12.0 Å². The van der Waals surface area contributed by atoms with Gasteiger partial charge in [-0.25, -0.2) is 14.8 Å². The number of methoxy groups -OCH3 is 1. The molecule has 1 aromatic rings. The largest absolute Gasteiger partial charge is 0.480 e. The zero-order valence-corrected chi connectivity index (χ0v) is 12.3. The van der Waals surface area contributed by atoms with Gasteiger partial charge in [0.1, 0.15) is 17.7 Å². The van der Waals surface area contributed by atoms with Crippen molar-refractivity contribution in [1.82, 2.24) is 9.97 Å². The molecule has 20 heavy (non-hydrogen) atoms. The predicted molar refractivity (Wildman–Crippen MR) is 75.0 cm³/mol. The van der Waals surface area contributed by atoms with Crippen LogP contribution >= 0.6 is 0 Å². The maximum atomic E-state index is 11.4. The number of rotatable bonds is 4. The molecule has 1 saturated heterocycles. The van der Waals surface area contributed by atoms with Crippen LogP contribution in [0.4, 0.5) is 5.82 Å². The van der Waals surface area contributed by atoms with Crippen LogP contribution in [0.3, 0.4) is 0 Å². The Kier molecular flexibility index (Phi) is 4.23. The quantitative estimate of drug-likeness (QED) is 0.902. The summed E-state index contributed by atoms with van der Waals surface area (Å²) < 4.78 is 5.30. The number of hydrogen-bond acceptors (Lipinski definition) is 5. The van der Waals surface area contributed by atoms with Crippen LogP contribution in [-0.4, -0.2) is 46.8 Å². The third-order valence-corrected chi connectivity index (χ3v) is 3.55. The molecule has 0 radical (unpaired) electrons. The Bertz CT molecular complexity index is 504. The normalized spacial score (nSPS) is 22.6. The molecule has 0 amide bonds. The second kappa shape index (κ2) is 5.75. The summed E-state index contributed by atoms with van der Waals surface area (Å²) in [4.78, 5) is 22.1. The molecule has 1 aliphatic heterocycles. The summed E-state index contributed by atoms with van der Waals surface area (Å²) in [6.45, 7) is 6.49. The Hall–Kier alpha value is -1.69. The van der Waals surface area contributed by atoms with E-state index < -0.39 is 12.0 Å². The molecule has 110 valence electrons. The number of nitrogens with zero attached hydrogens (tertiary/aromatic N) is 3. The van der Waals surface area contributed by atoms with Crippen LogP contribution in [0.5, 0.6) is 0 Å². The van der Waals surface area contributed by atoms with Gasteiger partial charge in [0.25, 0.3) is 0 Å². The van der Waals surface area contributed by atoms with E-state index in [0.29, 0.717) is 18.8 Å². The number of aryl methyl sites for hydroxylation is 1. The first-order valence-electron chi connectivity index (χ1n) is 6.80. The van der Waals surface area contributed by atoms with Crippen LogP contribution in [0.15, 0.2) is 6.07 Å². The number of carboxylic acid groups (broad SMARTS) is 1. The SMILES string of the molecule is COC1CC(C(=O)O)N(c2cc(C)nc(C(C)C)n2)C1. The van der Waals surface area contributed by atoms with Gasteiger partial charge in [-0.15, -0.1) is 0 Å². The van der Waals surface area contributed by atoms with Gasteiger partial charge in [-0.3, -0.25) is 0 Å². The molecule has 2 rings (SSSR count). The molecule has 1 fully saturated rings. The summed E-state index contributed by atoms with van der Waals surface area (Å²) in [5.74, 6) is 0.780. The lowest BCUT2D eigenvalue weighted by molar-refractivity contribution is -0.138. The number of carboxylic acids is 1. The highest BCUT2D eigenvalue weighted by molar-refractivity contribution is 5.78. The molecular formula is C14H21N3O3. The van der Waals surface area contributed by atoms with Gasteiger partial charge in [-0.1, -0.05) is 13.8 Å². The summed E-state index contributed by atoms with van der Waals surface area (Å²) >= 11 is 0. The van der Waals surface area contributed by atoms with Crippen molar-refractivity contribution < 1.29 is 14.6 Å². The summed E-state index contributed by atoms with van der Waals surface area (Å²) in [5, 5.41) is 9.37. The first kappa shape index (κ1) is 14.7. The zero-order valence-electron chi connectivity index (χ0n) is 12.3. The molecule has 1 aliphatic rings. The maximum Gasteiger partial charge on any atom is 0.326 e. The fourth-order valence-corrected chi connectivity index (χ4v) is 2.44. The lowest BCUT2D eigenvalue weighted by atomic mass is 10.2. The molecule has 6 heteroatoms. The standard InChI is InChI=1S/C14H21N3O3/c1-8(2)13-15-9(3)5-12(16-13)17-7-10(20-4)6-11(17)14(18)19/h5,8,10-11H,6-7H2,1-4H3,(H,18,19). The Morgan fingerprint density at radius 3 is 2.75 bits per heavy atom. The fraction of sp³-hybridized carbons (Fsp3) is 0.643. The molecule has 0 saturated carbocycles. The van der Waals surface area contributed by atoms with Gasteiger partial charge >= 0.3 is 5.97 Å². The van der Waals surface area contributed by atoms with Crippen molar-refractivity contribution >= 4 is 11.8 Å². The van der Waals surface area contributed by atoms with Gasteiger partial charge in [0, 0.05) is 37.8 Å². The first-order valence-corrected chi connectivity index (χ1v) is 6.80. The van der Waals surface area contributed by atoms with Crippen LogP contribution in [0.25, 0.3) is 0 Å². The molecular weight excluding hydrogens is 258 g/mol. The highest BCUT2D eigenvalue weighted by Crippen LogP contribution is 2.27. The minimum atomic E-state index is -0.841. The van der Waals surface area contributed by atoms with Crippen molar-refractivity contribution in [3.05, 3.63) is 17.6 Å². The van der Waals surface area contributed by atoms with Gasteiger partial charge in [0.2, 0.25) is 0 Å². The van der Waals surface area contributed by atoms with E-state index in [-0.39, 0.29) is 12.0 Å². The number of ether oxygens (including phenoxy) is 1. The fourth-order valence-electron chi connectivity index (χ4n) is 2.44. The monoisotopic (exact) mass is 279 g/mol. The van der Waals surface area contributed by atoms with E-state index in [4.69, 9.17) is 4.74 Å². The average Bonchev–Trinajstić information content (AvgIpc) is 2.82. The highest BCUT2D eigenvalue weighted by atomic mass is 16.5. The van der Waals surface area contributed by atoms with Crippen LogP contribution in [0.1, 0.15) is 37.7 Å². The van der Waals surface area contributed by atoms with Crippen molar-refractivity contribution in [2.45, 2.75) is 45.3 Å². The second-order valence-corrected chi connectivity index (χ2v) is 5.48. The topological polar surface area (TPSA) is 75.6 Å². The van der Waals surface area contributed by atoms with Crippen molar-refractivity contribution in [2.24, 2.45) is 0 Å². The van der Waals surface area contributed by atoms with E-state index in [0.717, 1.165) is 11.5 Å². The number of anilines is 1. The minimum Gasteiger partial charge on any atom is -0.480 e. The number of hydrogen-bond donors (Lipinski definition) is 1. The van der Waals surface area contributed by atoms with Crippen molar-refractivity contribution in [3.63, 3.8) is 0 Å². The van der Waals surface area contributed by atoms with Crippen molar-refractivity contribution in [3.8, 4) is 0 Å². The number of carbonyl (C=O) groups is 1. The molecule has 0 bridgehead atoms. The summed E-state index contributed by atoms with van der Waals surface area (Å²) in [5.41, 5.74) is 0.851. The van der Waals surface area contributed by atoms with E-state index in [1.807, 2.05) is 26.8 Å². The first-order chi connectivity index (χ1) is 9.42. The minimum absolute atomic E-state index is 0.0751. The third kappa shape index (κ3) is 2.90. The van der Waals surface area contributed by atoms with Crippen LogP contribution in [0.2, 0.25) is 0 Å². The zero-order chi connectivity index (χ0) is 14.9. The Balaban J connectivity index is 2.36. The van der Waals surface area contributed by atoms with Gasteiger partial charge in [-0.2, -0.15) is 0 Å². The average molecular weight is 279 g/mol. The summed E-state index contributed by atoms with van der Waals surface area (Å²) in [7, 11) is 1.61. The van der Waals surface area contributed by atoms with Crippen molar-refractivity contribution in [1.29, 1.82) is 0 Å². The number of aliphatic carboxylic acids is 1. The molecule has 0 spiro atoms. The van der Waals surface area contributed by atoms with Crippen LogP contribution in [-0.2, 0) is 9.53 Å². The third-order valence-electron chi connectivity index (χ3n) is 3.55. The smallest absolute Gasteiger partial charge is 0.326 e. The highest BCUT2D eigenvalue weighted by Gasteiger charge is 2.38. The van der Waals surface area contributed by atoms with Crippen molar-refractivity contribution in [2.75, 3.05) is 18.6 Å². The van der Waals surface area contributed by atoms with Crippen LogP contribution in [0, 0.1) is 6.92 Å². The lowest BCUT2D eigenvalue weighted by Gasteiger charge is -2.23. The lowest BCUT2D eigenvalue weighted by Crippen LogP contribution is -2.36. The molecule has 1 N–H and O–H groups in total. The van der Waals surface area contributed by atoms with E-state index in [1.165, 1.54) is 0 Å². The Morgan fingerprint density at radius 2 is 2.20 bits per heavy atom. The molecule has 2 unspecified atom stereocenters. The predicted octanol–water partition coefficient (Wildman–Crippen LogP) is 1.59. The molecule has 0 aliphatic carbocycles. The van der Waals surface area contributed by atoms with Gasteiger partial charge in [0.05, 0.1) is 6.10 Å². The molecule has 2 atom stereocenters. The van der Waals surface area contributed by atoms with E-state index in [9.17, 15) is 9.90 Å². The molecule has 6 nitrogen and oxygen atoms in total. The molecule has 0 aromatic carbocycles. The van der Waals surface area contributed by atoms with Gasteiger partial charge in [0.15, 0.2) is 0 Å². The summed E-state index contributed by atoms with van der Waals surface area (Å²) in [6.07, 6.45) is 0.403. The number of aromatic nitrogens is 2. The van der Waals surface area contributed by atoms with E-state index in [2.05, 4.69) is 9.97 Å². The Morgan fingerprint density at radius 1 is 1.50 bits per heavy atom. The second-order valence-electron chi connectivity index (χ2n) is 5.48. The molecule has 1 aromatic heterocycles. The molecule has 2 heterocycles. The van der Waals surface area contributed by atoms with E-state index >= 15 is 0 Å². The summed E-state index contributed by atoms with van der Waals surface area (Å²) in [6, 6.07) is 1.24. The maximum absolute atomic E-state index is 11.4. The van der Waals surface area contributed by atoms with Gasteiger partial charge < -0.3 is 14.7 Å².